The number of rotatable bonds is 2. The highest BCUT2D eigenvalue weighted by atomic mass is 16.5. The van der Waals surface area contributed by atoms with Crippen molar-refractivity contribution in [3.63, 3.8) is 0 Å². The average Bonchev–Trinajstić information content (AvgIpc) is 2.66. The minimum absolute atomic E-state index is 0.0795. The van der Waals surface area contributed by atoms with E-state index in [1.807, 2.05) is 18.2 Å². The number of hydrogen-bond acceptors (Lipinski definition) is 2. The van der Waals surface area contributed by atoms with Crippen LogP contribution in [0.25, 0.3) is 0 Å². The van der Waals surface area contributed by atoms with Gasteiger partial charge in [0.25, 0.3) is 0 Å². The molecule has 0 radical (unpaired) electrons. The maximum absolute atomic E-state index is 9.91. The van der Waals surface area contributed by atoms with Gasteiger partial charge in [-0.25, -0.2) is 0 Å². The number of phenols is 1. The lowest BCUT2D eigenvalue weighted by Crippen LogP contribution is -2.23. The first kappa shape index (κ1) is 14.0. The van der Waals surface area contributed by atoms with Crippen LogP contribution in [-0.2, 0) is 10.8 Å². The van der Waals surface area contributed by atoms with Crippen molar-refractivity contribution in [3.8, 4) is 11.5 Å². The molecule has 1 atom stereocenters. The Morgan fingerprint density at radius 3 is 2.24 bits per heavy atom. The summed E-state index contributed by atoms with van der Waals surface area (Å²) >= 11 is 0. The van der Waals surface area contributed by atoms with Crippen LogP contribution in [0, 0.1) is 0 Å². The molecule has 3 rings (SSSR count). The number of hydrogen-bond donors (Lipinski definition) is 1. The van der Waals surface area contributed by atoms with Crippen LogP contribution in [-0.4, -0.2) is 12.2 Å². The second-order valence-corrected chi connectivity index (χ2v) is 6.85. The third kappa shape index (κ3) is 2.10. The van der Waals surface area contributed by atoms with Crippen LogP contribution in [0.5, 0.6) is 11.5 Å². The SMILES string of the molecule is COc1ccc(C2(C)CC(C)(C)c3ccc(O)cc32)cc1. The van der Waals surface area contributed by atoms with Gasteiger partial charge in [-0.1, -0.05) is 39.0 Å². The van der Waals surface area contributed by atoms with E-state index < -0.39 is 0 Å². The normalized spacial score (nSPS) is 22.9. The van der Waals surface area contributed by atoms with Gasteiger partial charge in [-0.15, -0.1) is 0 Å². The highest BCUT2D eigenvalue weighted by molar-refractivity contribution is 5.54. The van der Waals surface area contributed by atoms with Crippen LogP contribution in [0.1, 0.15) is 43.9 Å². The summed E-state index contributed by atoms with van der Waals surface area (Å²) in [6.07, 6.45) is 1.03. The van der Waals surface area contributed by atoms with Crippen LogP contribution >= 0.6 is 0 Å². The highest BCUT2D eigenvalue weighted by Crippen LogP contribution is 2.53. The third-order valence-corrected chi connectivity index (χ3v) is 4.85. The molecule has 0 saturated heterocycles. The molecule has 21 heavy (non-hydrogen) atoms. The molecule has 2 heteroatoms. The molecule has 0 spiro atoms. The second-order valence-electron chi connectivity index (χ2n) is 6.85. The molecule has 0 aromatic heterocycles. The molecule has 0 heterocycles. The maximum atomic E-state index is 9.91. The van der Waals surface area contributed by atoms with Crippen molar-refractivity contribution < 1.29 is 9.84 Å². The predicted molar refractivity (Wildman–Crippen MR) is 85.2 cm³/mol. The molecule has 110 valence electrons. The van der Waals surface area contributed by atoms with Crippen LogP contribution in [0.2, 0.25) is 0 Å². The van der Waals surface area contributed by atoms with Crippen molar-refractivity contribution in [1.82, 2.24) is 0 Å². The second kappa shape index (κ2) is 4.52. The summed E-state index contributed by atoms with van der Waals surface area (Å²) in [6, 6.07) is 14.1. The van der Waals surface area contributed by atoms with Crippen molar-refractivity contribution in [2.24, 2.45) is 0 Å². The molecule has 2 nitrogen and oxygen atoms in total. The van der Waals surface area contributed by atoms with Crippen LogP contribution in [0.3, 0.4) is 0 Å². The summed E-state index contributed by atoms with van der Waals surface area (Å²) < 4.78 is 5.25. The fourth-order valence-corrected chi connectivity index (χ4v) is 3.87. The lowest BCUT2D eigenvalue weighted by molar-refractivity contribution is 0.411. The number of ether oxygens (including phenoxy) is 1. The van der Waals surface area contributed by atoms with Crippen molar-refractivity contribution in [2.45, 2.75) is 38.0 Å². The average molecular weight is 282 g/mol. The monoisotopic (exact) mass is 282 g/mol. The van der Waals surface area contributed by atoms with Crippen molar-refractivity contribution in [2.75, 3.05) is 7.11 Å². The van der Waals surface area contributed by atoms with E-state index in [-0.39, 0.29) is 10.8 Å². The van der Waals surface area contributed by atoms with Crippen molar-refractivity contribution in [1.29, 1.82) is 0 Å². The van der Waals surface area contributed by atoms with Gasteiger partial charge in [0.1, 0.15) is 11.5 Å². The largest absolute Gasteiger partial charge is 0.508 e. The Balaban J connectivity index is 2.16. The predicted octanol–water partition coefficient (Wildman–Crippen LogP) is 4.39. The van der Waals surface area contributed by atoms with E-state index in [1.54, 1.807) is 13.2 Å². The van der Waals surface area contributed by atoms with E-state index in [1.165, 1.54) is 16.7 Å². The third-order valence-electron chi connectivity index (χ3n) is 4.85. The van der Waals surface area contributed by atoms with Gasteiger partial charge in [-0.3, -0.25) is 0 Å². The van der Waals surface area contributed by atoms with E-state index in [4.69, 9.17) is 4.74 Å². The molecular weight excluding hydrogens is 260 g/mol. The fraction of sp³-hybridized carbons (Fsp3) is 0.368. The van der Waals surface area contributed by atoms with Crippen molar-refractivity contribution >= 4 is 0 Å². The molecular formula is C19H22O2. The van der Waals surface area contributed by atoms with Gasteiger partial charge in [0.2, 0.25) is 0 Å². The molecule has 1 N–H and O–H groups in total. The van der Waals surface area contributed by atoms with Gasteiger partial charge in [0.05, 0.1) is 7.11 Å². The molecule has 0 aliphatic heterocycles. The number of aromatic hydroxyl groups is 1. The number of phenolic OH excluding ortho intramolecular Hbond substituents is 1. The van der Waals surface area contributed by atoms with Gasteiger partial charge in [0, 0.05) is 5.41 Å². The molecule has 0 saturated carbocycles. The maximum Gasteiger partial charge on any atom is 0.118 e. The first-order valence-corrected chi connectivity index (χ1v) is 7.35. The van der Waals surface area contributed by atoms with E-state index in [0.717, 1.165) is 12.2 Å². The zero-order valence-corrected chi connectivity index (χ0v) is 13.1. The van der Waals surface area contributed by atoms with Crippen LogP contribution in [0.15, 0.2) is 42.5 Å². The van der Waals surface area contributed by atoms with Gasteiger partial charge >= 0.3 is 0 Å². The number of benzene rings is 2. The molecule has 0 bridgehead atoms. The molecule has 2 aromatic carbocycles. The summed E-state index contributed by atoms with van der Waals surface area (Å²) in [5.74, 6) is 1.21. The Morgan fingerprint density at radius 2 is 1.62 bits per heavy atom. The number of methoxy groups -OCH3 is 1. The minimum atomic E-state index is -0.0795. The zero-order valence-electron chi connectivity index (χ0n) is 13.1. The standard InChI is InChI=1S/C19H22O2/c1-18(2)12-19(3,13-5-8-15(21-4)9-6-13)17-11-14(20)7-10-16(17)18/h5-11,20H,12H2,1-4H3. The molecule has 2 aromatic rings. The lowest BCUT2D eigenvalue weighted by Gasteiger charge is -2.28. The molecule has 1 aliphatic rings. The van der Waals surface area contributed by atoms with Gasteiger partial charge in [0.15, 0.2) is 0 Å². The quantitative estimate of drug-likeness (QED) is 0.885. The minimum Gasteiger partial charge on any atom is -0.508 e. The van der Waals surface area contributed by atoms with Gasteiger partial charge < -0.3 is 9.84 Å². The highest BCUT2D eigenvalue weighted by Gasteiger charge is 2.45. The Morgan fingerprint density at radius 1 is 0.952 bits per heavy atom. The number of fused-ring (bicyclic) bond motifs is 1. The summed E-state index contributed by atoms with van der Waals surface area (Å²) in [6.45, 7) is 6.82. The fourth-order valence-electron chi connectivity index (χ4n) is 3.87. The smallest absolute Gasteiger partial charge is 0.118 e. The summed E-state index contributed by atoms with van der Waals surface area (Å²) in [4.78, 5) is 0. The van der Waals surface area contributed by atoms with E-state index in [0.29, 0.717) is 5.75 Å². The van der Waals surface area contributed by atoms with Gasteiger partial charge in [-0.05, 0) is 52.8 Å². The van der Waals surface area contributed by atoms with Crippen LogP contribution < -0.4 is 4.74 Å². The van der Waals surface area contributed by atoms with E-state index in [9.17, 15) is 5.11 Å². The Bertz CT molecular complexity index is 670. The van der Waals surface area contributed by atoms with E-state index in [2.05, 4.69) is 39.0 Å². The summed E-state index contributed by atoms with van der Waals surface area (Å²) in [5, 5.41) is 9.91. The Hall–Kier alpha value is -1.96. The van der Waals surface area contributed by atoms with Crippen LogP contribution in [0.4, 0.5) is 0 Å². The first-order valence-electron chi connectivity index (χ1n) is 7.35. The molecule has 1 unspecified atom stereocenters. The first-order chi connectivity index (χ1) is 9.87. The molecule has 1 aliphatic carbocycles. The molecule has 0 fully saturated rings. The van der Waals surface area contributed by atoms with Crippen molar-refractivity contribution in [3.05, 3.63) is 59.2 Å². The Labute approximate surface area is 126 Å². The molecule has 0 amide bonds. The van der Waals surface area contributed by atoms with E-state index >= 15 is 0 Å². The lowest BCUT2D eigenvalue weighted by atomic mass is 9.75. The summed E-state index contributed by atoms with van der Waals surface area (Å²) in [7, 11) is 1.68. The van der Waals surface area contributed by atoms with Gasteiger partial charge in [-0.2, -0.15) is 0 Å². The Kier molecular flexibility index (Phi) is 3.01. The zero-order chi connectivity index (χ0) is 15.3. The topological polar surface area (TPSA) is 29.5 Å². The summed E-state index contributed by atoms with van der Waals surface area (Å²) in [5.41, 5.74) is 3.86.